The summed E-state index contributed by atoms with van der Waals surface area (Å²) in [5, 5.41) is 2.87. The number of nitrogens with zero attached hydrogens (tertiary/aromatic N) is 2. The summed E-state index contributed by atoms with van der Waals surface area (Å²) in [5.41, 5.74) is 4.70. The number of rotatable bonds is 8. The molecule has 0 amide bonds. The number of phosphoric ester groups is 1. The number of aromatic nitrogens is 2. The van der Waals surface area contributed by atoms with Gasteiger partial charge in [-0.1, -0.05) is 0 Å². The van der Waals surface area contributed by atoms with E-state index in [2.05, 4.69) is 23.4 Å². The van der Waals surface area contributed by atoms with E-state index in [9.17, 15) is 23.4 Å². The standard InChI is InChI=1S/C9H17N4O12P3/c10-7-1-2-13(9(14)12-7)8-4-11-3-6(23-8)5-22-27(18,19)25-28(20,21)24-26(15,16)17/h1-2,6,8,11H,3-5H2,(H,18,19)(H,20,21)(H2,10,12,14)(H2,15,16,17). The van der Waals surface area contributed by atoms with E-state index >= 15 is 0 Å². The fraction of sp³-hybridized carbons (Fsp3) is 0.556. The van der Waals surface area contributed by atoms with Gasteiger partial charge in [0.15, 0.2) is 6.23 Å². The number of morpholine rings is 1. The summed E-state index contributed by atoms with van der Waals surface area (Å²) in [7, 11) is -16.3. The van der Waals surface area contributed by atoms with E-state index in [4.69, 9.17) is 25.2 Å². The topological polar surface area (TPSA) is 242 Å². The van der Waals surface area contributed by atoms with Gasteiger partial charge in [-0.3, -0.25) is 9.09 Å². The van der Waals surface area contributed by atoms with E-state index in [0.717, 1.165) is 4.57 Å². The summed E-state index contributed by atoms with van der Waals surface area (Å²) in [6.07, 6.45) is -0.432. The maximum atomic E-state index is 11.8. The Morgan fingerprint density at radius 3 is 2.50 bits per heavy atom. The first-order chi connectivity index (χ1) is 12.8. The molecule has 0 bridgehead atoms. The van der Waals surface area contributed by atoms with Crippen molar-refractivity contribution in [3.63, 3.8) is 0 Å². The van der Waals surface area contributed by atoms with Crippen molar-refractivity contribution in [1.29, 1.82) is 0 Å². The van der Waals surface area contributed by atoms with Crippen molar-refractivity contribution in [2.45, 2.75) is 12.3 Å². The smallest absolute Gasteiger partial charge is 0.383 e. The highest BCUT2D eigenvalue weighted by Crippen LogP contribution is 2.66. The number of hydrogen-bond acceptors (Lipinski definition) is 11. The minimum Gasteiger partial charge on any atom is -0.383 e. The summed E-state index contributed by atoms with van der Waals surface area (Å²) in [5.74, 6) is 0.00854. The first kappa shape index (κ1) is 23.3. The Morgan fingerprint density at radius 1 is 1.21 bits per heavy atom. The molecule has 16 nitrogen and oxygen atoms in total. The fourth-order valence-electron chi connectivity index (χ4n) is 2.07. The molecule has 160 valence electrons. The quantitative estimate of drug-likeness (QED) is 0.243. The average Bonchev–Trinajstić information content (AvgIpc) is 2.50. The Morgan fingerprint density at radius 2 is 1.89 bits per heavy atom. The van der Waals surface area contributed by atoms with Gasteiger partial charge in [0.25, 0.3) is 0 Å². The van der Waals surface area contributed by atoms with Crippen molar-refractivity contribution in [2.24, 2.45) is 0 Å². The summed E-state index contributed by atoms with van der Waals surface area (Å²) in [4.78, 5) is 50.8. The monoisotopic (exact) mass is 466 g/mol. The number of nitrogens with one attached hydrogen (secondary N) is 1. The molecule has 2 heterocycles. The van der Waals surface area contributed by atoms with Gasteiger partial charge in [0.2, 0.25) is 0 Å². The van der Waals surface area contributed by atoms with Crippen LogP contribution in [0.2, 0.25) is 0 Å². The molecule has 4 atom stereocenters. The second kappa shape index (κ2) is 8.79. The van der Waals surface area contributed by atoms with E-state index in [1.165, 1.54) is 12.3 Å². The minimum atomic E-state index is -5.60. The molecule has 1 aromatic rings. The second-order valence-electron chi connectivity index (χ2n) is 5.30. The lowest BCUT2D eigenvalue weighted by Crippen LogP contribution is -2.46. The van der Waals surface area contributed by atoms with Gasteiger partial charge in [0, 0.05) is 19.3 Å². The molecule has 19 heteroatoms. The Hall–Kier alpha value is -0.990. The van der Waals surface area contributed by atoms with Crippen LogP contribution in [0.1, 0.15) is 6.23 Å². The van der Waals surface area contributed by atoms with Crippen LogP contribution in [0, 0.1) is 0 Å². The van der Waals surface area contributed by atoms with E-state index in [1.54, 1.807) is 0 Å². The van der Waals surface area contributed by atoms with Crippen LogP contribution < -0.4 is 16.7 Å². The SMILES string of the molecule is Nc1ccn(C2CNCC(COP(=O)(O)OP(=O)(O)OP(=O)(O)O)O2)c(=O)n1. The molecule has 0 saturated carbocycles. The summed E-state index contributed by atoms with van der Waals surface area (Å²) in [6, 6.07) is 1.36. The Bertz CT molecular complexity index is 901. The van der Waals surface area contributed by atoms with Crippen LogP contribution in [0.4, 0.5) is 5.82 Å². The maximum Gasteiger partial charge on any atom is 0.490 e. The Kier molecular flexibility index (Phi) is 7.32. The lowest BCUT2D eigenvalue weighted by Gasteiger charge is -2.31. The van der Waals surface area contributed by atoms with Crippen LogP contribution >= 0.6 is 23.5 Å². The predicted molar refractivity (Wildman–Crippen MR) is 89.5 cm³/mol. The zero-order valence-electron chi connectivity index (χ0n) is 13.8. The summed E-state index contributed by atoms with van der Waals surface area (Å²) in [6.45, 7) is -0.342. The van der Waals surface area contributed by atoms with Crippen molar-refractivity contribution in [3.8, 4) is 0 Å². The third-order valence-electron chi connectivity index (χ3n) is 3.04. The normalized spacial score (nSPS) is 25.0. The third kappa shape index (κ3) is 7.44. The number of ether oxygens (including phenoxy) is 1. The van der Waals surface area contributed by atoms with Gasteiger partial charge in [-0.2, -0.15) is 13.6 Å². The maximum absolute atomic E-state index is 11.8. The molecule has 1 aromatic heterocycles. The molecular weight excluding hydrogens is 449 g/mol. The number of phosphoric acid groups is 3. The second-order valence-corrected chi connectivity index (χ2v) is 9.72. The molecule has 1 saturated heterocycles. The lowest BCUT2D eigenvalue weighted by molar-refractivity contribution is -0.0954. The summed E-state index contributed by atoms with van der Waals surface area (Å²) >= 11 is 0. The van der Waals surface area contributed by atoms with Gasteiger partial charge in [-0.05, 0) is 6.07 Å². The average molecular weight is 466 g/mol. The molecule has 4 unspecified atom stereocenters. The zero-order chi connectivity index (χ0) is 21.2. The van der Waals surface area contributed by atoms with Gasteiger partial charge in [0.1, 0.15) is 5.82 Å². The van der Waals surface area contributed by atoms with E-state index < -0.39 is 48.1 Å². The first-order valence-electron chi connectivity index (χ1n) is 7.25. The third-order valence-corrected chi connectivity index (χ3v) is 6.84. The number of nitrogen functional groups attached to an aromatic ring is 1. The van der Waals surface area contributed by atoms with Gasteiger partial charge in [0.05, 0.1) is 12.7 Å². The number of nitrogens with two attached hydrogens (primary N) is 1. The van der Waals surface area contributed by atoms with Crippen molar-refractivity contribution >= 4 is 29.3 Å². The minimum absolute atomic E-state index is 0.00854. The molecule has 0 aromatic carbocycles. The highest BCUT2D eigenvalue weighted by Gasteiger charge is 2.41. The van der Waals surface area contributed by atoms with E-state index in [0.29, 0.717) is 0 Å². The van der Waals surface area contributed by atoms with Crippen LogP contribution in [0.25, 0.3) is 0 Å². The largest absolute Gasteiger partial charge is 0.490 e. The van der Waals surface area contributed by atoms with Crippen LogP contribution in [-0.2, 0) is 31.6 Å². The molecular formula is C9H17N4O12P3. The van der Waals surface area contributed by atoms with Crippen molar-refractivity contribution in [1.82, 2.24) is 14.9 Å². The van der Waals surface area contributed by atoms with Crippen molar-refractivity contribution in [3.05, 3.63) is 22.7 Å². The first-order valence-corrected chi connectivity index (χ1v) is 11.8. The van der Waals surface area contributed by atoms with Gasteiger partial charge < -0.3 is 35.4 Å². The molecule has 0 aliphatic carbocycles. The zero-order valence-corrected chi connectivity index (χ0v) is 16.5. The highest BCUT2D eigenvalue weighted by atomic mass is 31.3. The van der Waals surface area contributed by atoms with Gasteiger partial charge >= 0.3 is 29.2 Å². The molecule has 7 N–H and O–H groups in total. The molecule has 2 rings (SSSR count). The molecule has 1 aliphatic rings. The van der Waals surface area contributed by atoms with Crippen LogP contribution in [0.15, 0.2) is 17.1 Å². The highest BCUT2D eigenvalue weighted by molar-refractivity contribution is 7.66. The fourth-order valence-corrected chi connectivity index (χ4v) is 5.12. The Balaban J connectivity index is 1.96. The van der Waals surface area contributed by atoms with Crippen molar-refractivity contribution in [2.75, 3.05) is 25.4 Å². The molecule has 0 radical (unpaired) electrons. The summed E-state index contributed by atoms with van der Waals surface area (Å²) < 4.78 is 51.8. The van der Waals surface area contributed by atoms with Crippen molar-refractivity contribution < 1.29 is 51.2 Å². The lowest BCUT2D eigenvalue weighted by atomic mass is 10.3. The van der Waals surface area contributed by atoms with Gasteiger partial charge in [-0.25, -0.2) is 18.5 Å². The number of hydrogen-bond donors (Lipinski definition) is 6. The van der Waals surface area contributed by atoms with Crippen LogP contribution in [0.5, 0.6) is 0 Å². The van der Waals surface area contributed by atoms with Crippen LogP contribution in [-0.4, -0.2) is 54.9 Å². The predicted octanol–water partition coefficient (Wildman–Crippen LogP) is -1.34. The van der Waals surface area contributed by atoms with E-state index in [-0.39, 0.29) is 18.9 Å². The molecule has 28 heavy (non-hydrogen) atoms. The van der Waals surface area contributed by atoms with Gasteiger partial charge in [-0.15, -0.1) is 0 Å². The van der Waals surface area contributed by atoms with Crippen LogP contribution in [0.3, 0.4) is 0 Å². The number of anilines is 1. The molecule has 0 spiro atoms. The Labute approximate surface area is 156 Å². The van der Waals surface area contributed by atoms with E-state index in [1.807, 2.05) is 0 Å². The molecule has 1 fully saturated rings. The molecule has 1 aliphatic heterocycles.